The summed E-state index contributed by atoms with van der Waals surface area (Å²) in [5.41, 5.74) is 1.74. The largest absolute Gasteiger partial charge is 0.473 e. The van der Waals surface area contributed by atoms with Crippen LogP contribution >= 0.6 is 11.6 Å². The van der Waals surface area contributed by atoms with Crippen molar-refractivity contribution in [2.75, 3.05) is 5.32 Å². The molecule has 0 aliphatic rings. The SMILES string of the molecule is O=C(Nc1ccccc1Cl)c1cc(OCc2ccccc2)ncn1. The summed E-state index contributed by atoms with van der Waals surface area (Å²) in [4.78, 5) is 20.3. The molecule has 0 radical (unpaired) electrons. The number of hydrogen-bond donors (Lipinski definition) is 1. The van der Waals surface area contributed by atoms with Crippen LogP contribution in [0.4, 0.5) is 5.69 Å². The van der Waals surface area contributed by atoms with Crippen LogP contribution in [-0.2, 0) is 6.61 Å². The van der Waals surface area contributed by atoms with Crippen molar-refractivity contribution >= 4 is 23.2 Å². The van der Waals surface area contributed by atoms with E-state index in [0.717, 1.165) is 5.56 Å². The third kappa shape index (κ3) is 4.08. The molecule has 1 amide bonds. The van der Waals surface area contributed by atoms with Gasteiger partial charge in [0.25, 0.3) is 5.91 Å². The van der Waals surface area contributed by atoms with Gasteiger partial charge in [-0.05, 0) is 17.7 Å². The molecule has 3 rings (SSSR count). The Balaban J connectivity index is 1.68. The highest BCUT2D eigenvalue weighted by Crippen LogP contribution is 2.21. The number of hydrogen-bond acceptors (Lipinski definition) is 4. The average molecular weight is 340 g/mol. The fourth-order valence-corrected chi connectivity index (χ4v) is 2.21. The Bertz CT molecular complexity index is 840. The second-order valence-electron chi connectivity index (χ2n) is 4.95. The number of nitrogens with one attached hydrogen (secondary N) is 1. The first-order chi connectivity index (χ1) is 11.7. The maximum atomic E-state index is 12.3. The minimum Gasteiger partial charge on any atom is -0.473 e. The highest BCUT2D eigenvalue weighted by atomic mass is 35.5. The van der Waals surface area contributed by atoms with Gasteiger partial charge in [-0.2, -0.15) is 0 Å². The van der Waals surface area contributed by atoms with Gasteiger partial charge in [-0.25, -0.2) is 9.97 Å². The fourth-order valence-electron chi connectivity index (χ4n) is 2.02. The molecule has 2 aromatic carbocycles. The minimum atomic E-state index is -0.380. The number of benzene rings is 2. The number of para-hydroxylation sites is 1. The molecule has 1 heterocycles. The molecule has 3 aromatic rings. The standard InChI is InChI=1S/C18H14ClN3O2/c19-14-8-4-5-9-15(14)22-18(23)16-10-17(21-12-20-16)24-11-13-6-2-1-3-7-13/h1-10,12H,11H2,(H,22,23). The lowest BCUT2D eigenvalue weighted by molar-refractivity contribution is 0.102. The average Bonchev–Trinajstić information content (AvgIpc) is 2.63. The molecule has 0 aliphatic carbocycles. The monoisotopic (exact) mass is 339 g/mol. The van der Waals surface area contributed by atoms with Gasteiger partial charge >= 0.3 is 0 Å². The molecule has 24 heavy (non-hydrogen) atoms. The van der Waals surface area contributed by atoms with E-state index in [2.05, 4.69) is 15.3 Å². The molecule has 0 bridgehead atoms. The van der Waals surface area contributed by atoms with Crippen LogP contribution in [0.3, 0.4) is 0 Å². The van der Waals surface area contributed by atoms with E-state index in [1.165, 1.54) is 12.4 Å². The van der Waals surface area contributed by atoms with Crippen molar-refractivity contribution in [2.24, 2.45) is 0 Å². The lowest BCUT2D eigenvalue weighted by Crippen LogP contribution is -2.14. The van der Waals surface area contributed by atoms with Gasteiger partial charge in [-0.1, -0.05) is 54.1 Å². The van der Waals surface area contributed by atoms with E-state index in [-0.39, 0.29) is 11.6 Å². The van der Waals surface area contributed by atoms with E-state index >= 15 is 0 Å². The Morgan fingerprint density at radius 3 is 2.58 bits per heavy atom. The number of amides is 1. The van der Waals surface area contributed by atoms with E-state index in [0.29, 0.717) is 23.2 Å². The predicted octanol–water partition coefficient (Wildman–Crippen LogP) is 3.96. The fraction of sp³-hybridized carbons (Fsp3) is 0.0556. The van der Waals surface area contributed by atoms with Crippen molar-refractivity contribution in [3.05, 3.63) is 83.3 Å². The van der Waals surface area contributed by atoms with E-state index in [9.17, 15) is 4.79 Å². The second kappa shape index (κ2) is 7.57. The van der Waals surface area contributed by atoms with Gasteiger partial charge in [-0.15, -0.1) is 0 Å². The number of halogens is 1. The zero-order chi connectivity index (χ0) is 16.8. The third-order valence-corrected chi connectivity index (χ3v) is 3.56. The molecule has 0 spiro atoms. The van der Waals surface area contributed by atoms with E-state index in [1.807, 2.05) is 30.3 Å². The molecule has 5 nitrogen and oxygen atoms in total. The van der Waals surface area contributed by atoms with Crippen LogP contribution in [0, 0.1) is 0 Å². The number of carbonyl (C=O) groups is 1. The summed E-state index contributed by atoms with van der Waals surface area (Å²) < 4.78 is 5.60. The zero-order valence-corrected chi connectivity index (χ0v) is 13.4. The normalized spacial score (nSPS) is 10.2. The molecular formula is C18H14ClN3O2. The number of carbonyl (C=O) groups excluding carboxylic acids is 1. The molecule has 0 saturated heterocycles. The zero-order valence-electron chi connectivity index (χ0n) is 12.6. The lowest BCUT2D eigenvalue weighted by atomic mass is 10.2. The van der Waals surface area contributed by atoms with Crippen molar-refractivity contribution in [1.82, 2.24) is 9.97 Å². The molecule has 0 saturated carbocycles. The van der Waals surface area contributed by atoms with Gasteiger partial charge in [0, 0.05) is 6.07 Å². The summed E-state index contributed by atoms with van der Waals surface area (Å²) in [7, 11) is 0. The molecule has 0 aliphatic heterocycles. The van der Waals surface area contributed by atoms with Crippen LogP contribution in [0.25, 0.3) is 0 Å². The van der Waals surface area contributed by atoms with Crippen LogP contribution in [0.1, 0.15) is 16.1 Å². The quantitative estimate of drug-likeness (QED) is 0.764. The van der Waals surface area contributed by atoms with Crippen LogP contribution in [-0.4, -0.2) is 15.9 Å². The van der Waals surface area contributed by atoms with Crippen LogP contribution in [0.15, 0.2) is 67.0 Å². The maximum Gasteiger partial charge on any atom is 0.274 e. The number of anilines is 1. The molecule has 1 aromatic heterocycles. The first-order valence-electron chi connectivity index (χ1n) is 7.27. The summed E-state index contributed by atoms with van der Waals surface area (Å²) in [6.45, 7) is 0.365. The summed E-state index contributed by atoms with van der Waals surface area (Å²) in [5, 5.41) is 3.17. The number of ether oxygens (including phenoxy) is 1. The number of nitrogens with zero attached hydrogens (tertiary/aromatic N) is 2. The predicted molar refractivity (Wildman–Crippen MR) is 92.2 cm³/mol. The van der Waals surface area contributed by atoms with Gasteiger partial charge < -0.3 is 10.1 Å². The summed E-state index contributed by atoms with van der Waals surface area (Å²) >= 11 is 6.03. The summed E-state index contributed by atoms with van der Waals surface area (Å²) in [5.74, 6) is -0.0479. The third-order valence-electron chi connectivity index (χ3n) is 3.23. The van der Waals surface area contributed by atoms with Crippen molar-refractivity contribution in [3.8, 4) is 5.88 Å². The Morgan fingerprint density at radius 1 is 1.04 bits per heavy atom. The summed E-state index contributed by atoms with van der Waals surface area (Å²) in [6, 6.07) is 18.2. The van der Waals surface area contributed by atoms with Crippen molar-refractivity contribution in [3.63, 3.8) is 0 Å². The van der Waals surface area contributed by atoms with Gasteiger partial charge in [0.15, 0.2) is 0 Å². The Labute approximate surface area is 144 Å². The van der Waals surface area contributed by atoms with Gasteiger partial charge in [-0.3, -0.25) is 4.79 Å². The Hall–Kier alpha value is -2.92. The highest BCUT2D eigenvalue weighted by molar-refractivity contribution is 6.33. The molecule has 120 valence electrons. The first-order valence-corrected chi connectivity index (χ1v) is 7.65. The first kappa shape index (κ1) is 16.0. The Kier molecular flexibility index (Phi) is 5.03. The van der Waals surface area contributed by atoms with E-state index < -0.39 is 0 Å². The molecular weight excluding hydrogens is 326 g/mol. The van der Waals surface area contributed by atoms with Crippen molar-refractivity contribution in [1.29, 1.82) is 0 Å². The van der Waals surface area contributed by atoms with Crippen LogP contribution in [0.2, 0.25) is 5.02 Å². The van der Waals surface area contributed by atoms with Crippen LogP contribution in [0.5, 0.6) is 5.88 Å². The van der Waals surface area contributed by atoms with Gasteiger partial charge in [0.1, 0.15) is 18.6 Å². The summed E-state index contributed by atoms with van der Waals surface area (Å²) in [6.07, 6.45) is 1.29. The molecule has 1 N–H and O–H groups in total. The van der Waals surface area contributed by atoms with Crippen LogP contribution < -0.4 is 10.1 Å². The van der Waals surface area contributed by atoms with Gasteiger partial charge in [0.2, 0.25) is 5.88 Å². The molecule has 6 heteroatoms. The van der Waals surface area contributed by atoms with E-state index in [4.69, 9.17) is 16.3 Å². The molecule has 0 fully saturated rings. The Morgan fingerprint density at radius 2 is 1.79 bits per heavy atom. The highest BCUT2D eigenvalue weighted by Gasteiger charge is 2.11. The smallest absolute Gasteiger partial charge is 0.274 e. The van der Waals surface area contributed by atoms with Crippen molar-refractivity contribution in [2.45, 2.75) is 6.61 Å². The number of aromatic nitrogens is 2. The second-order valence-corrected chi connectivity index (χ2v) is 5.36. The molecule has 0 atom stereocenters. The molecule has 0 unspecified atom stereocenters. The minimum absolute atomic E-state index is 0.202. The number of rotatable bonds is 5. The van der Waals surface area contributed by atoms with Gasteiger partial charge in [0.05, 0.1) is 10.7 Å². The van der Waals surface area contributed by atoms with Crippen molar-refractivity contribution < 1.29 is 9.53 Å². The maximum absolute atomic E-state index is 12.3. The topological polar surface area (TPSA) is 64.1 Å². The van der Waals surface area contributed by atoms with E-state index in [1.54, 1.807) is 24.3 Å². The lowest BCUT2D eigenvalue weighted by Gasteiger charge is -2.08.